The molecule has 0 saturated carbocycles. The molecule has 0 aliphatic heterocycles. The first kappa shape index (κ1) is 9.98. The van der Waals surface area contributed by atoms with Crippen LogP contribution in [0.4, 0.5) is 0 Å². The van der Waals surface area contributed by atoms with Crippen LogP contribution < -0.4 is 5.69 Å². The smallest absolute Gasteiger partial charge is 0.343 e. The number of hydrogen-bond acceptors (Lipinski definition) is 3. The van der Waals surface area contributed by atoms with Crippen molar-refractivity contribution in [3.8, 4) is 0 Å². The number of nitrogens with zero attached hydrogens (tertiary/aromatic N) is 2. The number of aliphatic hydroxyl groups is 1. The van der Waals surface area contributed by atoms with E-state index >= 15 is 0 Å². The van der Waals surface area contributed by atoms with E-state index in [-0.39, 0.29) is 17.8 Å². The van der Waals surface area contributed by atoms with Crippen molar-refractivity contribution in [1.82, 2.24) is 14.8 Å². The van der Waals surface area contributed by atoms with Gasteiger partial charge in [-0.1, -0.05) is 6.92 Å². The molecule has 0 bridgehead atoms. The summed E-state index contributed by atoms with van der Waals surface area (Å²) in [6.45, 7) is 3.98. The molecule has 0 spiro atoms. The van der Waals surface area contributed by atoms with Gasteiger partial charge < -0.3 is 5.11 Å². The summed E-state index contributed by atoms with van der Waals surface area (Å²) in [5.41, 5.74) is -0.559. The lowest BCUT2D eigenvalue weighted by atomic mass is 9.95. The minimum atomic E-state index is -0.334. The van der Waals surface area contributed by atoms with Crippen LogP contribution in [0.1, 0.15) is 26.7 Å². The molecular formula is C8H15N3O2. The Hall–Kier alpha value is -1.10. The zero-order valence-electron chi connectivity index (χ0n) is 7.95. The quantitative estimate of drug-likeness (QED) is 0.697. The standard InChI is InChI=1S/C8H15N3O2/c1-3-8(2,4-5-12)11-6-9-10-7(11)13/h6,12H,3-5H2,1-2H3,(H,10,13). The number of hydrogen-bond donors (Lipinski definition) is 2. The van der Waals surface area contributed by atoms with Crippen molar-refractivity contribution < 1.29 is 5.11 Å². The van der Waals surface area contributed by atoms with Crippen LogP contribution in [0.25, 0.3) is 0 Å². The van der Waals surface area contributed by atoms with Crippen LogP contribution in [0.3, 0.4) is 0 Å². The van der Waals surface area contributed by atoms with Crippen LogP contribution in [-0.4, -0.2) is 26.5 Å². The van der Waals surface area contributed by atoms with Gasteiger partial charge in [0.25, 0.3) is 0 Å². The number of aromatic nitrogens is 3. The highest BCUT2D eigenvalue weighted by Gasteiger charge is 2.25. The first-order chi connectivity index (χ1) is 6.14. The maximum Gasteiger partial charge on any atom is 0.343 e. The largest absolute Gasteiger partial charge is 0.396 e. The molecular weight excluding hydrogens is 170 g/mol. The average molecular weight is 185 g/mol. The topological polar surface area (TPSA) is 70.9 Å². The molecule has 13 heavy (non-hydrogen) atoms. The van der Waals surface area contributed by atoms with Crippen molar-refractivity contribution in [2.45, 2.75) is 32.2 Å². The normalized spacial score (nSPS) is 15.6. The molecule has 1 rings (SSSR count). The van der Waals surface area contributed by atoms with Crippen molar-refractivity contribution in [2.75, 3.05) is 6.61 Å². The van der Waals surface area contributed by atoms with E-state index in [4.69, 9.17) is 5.11 Å². The number of rotatable bonds is 4. The van der Waals surface area contributed by atoms with E-state index in [0.717, 1.165) is 6.42 Å². The Kier molecular flexibility index (Phi) is 2.87. The fraction of sp³-hybridized carbons (Fsp3) is 0.750. The number of aromatic amines is 1. The van der Waals surface area contributed by atoms with Crippen LogP contribution in [0.2, 0.25) is 0 Å². The van der Waals surface area contributed by atoms with E-state index in [1.807, 2.05) is 13.8 Å². The fourth-order valence-corrected chi connectivity index (χ4v) is 1.34. The number of H-pyrrole nitrogens is 1. The van der Waals surface area contributed by atoms with Gasteiger partial charge >= 0.3 is 5.69 Å². The molecule has 74 valence electrons. The molecule has 1 heterocycles. The Morgan fingerprint density at radius 1 is 1.77 bits per heavy atom. The Morgan fingerprint density at radius 3 is 2.85 bits per heavy atom. The Labute approximate surface area is 76.4 Å². The van der Waals surface area contributed by atoms with Gasteiger partial charge in [0.15, 0.2) is 0 Å². The minimum absolute atomic E-state index is 0.0714. The lowest BCUT2D eigenvalue weighted by Gasteiger charge is -2.27. The van der Waals surface area contributed by atoms with E-state index in [2.05, 4.69) is 10.2 Å². The third kappa shape index (κ3) is 1.80. The summed E-state index contributed by atoms with van der Waals surface area (Å²) < 4.78 is 1.53. The third-order valence-electron chi connectivity index (χ3n) is 2.55. The predicted molar refractivity (Wildman–Crippen MR) is 48.5 cm³/mol. The number of aliphatic hydroxyl groups excluding tert-OH is 1. The Bertz CT molecular complexity index is 317. The molecule has 5 heteroatoms. The van der Waals surface area contributed by atoms with E-state index in [0.29, 0.717) is 6.42 Å². The molecule has 5 nitrogen and oxygen atoms in total. The maximum atomic E-state index is 11.3. The van der Waals surface area contributed by atoms with Gasteiger partial charge in [-0.3, -0.25) is 4.57 Å². The summed E-state index contributed by atoms with van der Waals surface area (Å²) in [7, 11) is 0. The Balaban J connectivity index is 3.02. The molecule has 1 aromatic heterocycles. The summed E-state index contributed by atoms with van der Waals surface area (Å²) in [4.78, 5) is 11.3. The van der Waals surface area contributed by atoms with E-state index in [1.54, 1.807) is 0 Å². The van der Waals surface area contributed by atoms with Gasteiger partial charge in [-0.05, 0) is 19.8 Å². The second-order valence-corrected chi connectivity index (χ2v) is 3.36. The van der Waals surface area contributed by atoms with Gasteiger partial charge in [-0.25, -0.2) is 9.89 Å². The molecule has 0 amide bonds. The molecule has 0 aliphatic rings. The SMILES string of the molecule is CCC(C)(CCO)n1cn[nH]c1=O. The molecule has 0 fully saturated rings. The van der Waals surface area contributed by atoms with Gasteiger partial charge in [0, 0.05) is 12.1 Å². The molecule has 2 N–H and O–H groups in total. The van der Waals surface area contributed by atoms with E-state index in [9.17, 15) is 4.79 Å². The van der Waals surface area contributed by atoms with E-state index in [1.165, 1.54) is 10.9 Å². The average Bonchev–Trinajstić information content (AvgIpc) is 2.52. The van der Waals surface area contributed by atoms with Crippen LogP contribution in [0.5, 0.6) is 0 Å². The zero-order chi connectivity index (χ0) is 9.90. The molecule has 0 saturated heterocycles. The Morgan fingerprint density at radius 2 is 2.46 bits per heavy atom. The van der Waals surface area contributed by atoms with Crippen molar-refractivity contribution in [3.05, 3.63) is 16.8 Å². The van der Waals surface area contributed by atoms with Crippen molar-refractivity contribution >= 4 is 0 Å². The fourth-order valence-electron chi connectivity index (χ4n) is 1.34. The van der Waals surface area contributed by atoms with Crippen molar-refractivity contribution in [1.29, 1.82) is 0 Å². The van der Waals surface area contributed by atoms with Gasteiger partial charge in [0.2, 0.25) is 0 Å². The summed E-state index contributed by atoms with van der Waals surface area (Å²) in [6, 6.07) is 0. The molecule has 1 unspecified atom stereocenters. The highest BCUT2D eigenvalue weighted by Crippen LogP contribution is 2.21. The van der Waals surface area contributed by atoms with Gasteiger partial charge in [-0.2, -0.15) is 5.10 Å². The van der Waals surface area contributed by atoms with Gasteiger partial charge in [0.1, 0.15) is 6.33 Å². The predicted octanol–water partition coefficient (Wildman–Crippen LogP) is 0.0790. The first-order valence-electron chi connectivity index (χ1n) is 4.37. The minimum Gasteiger partial charge on any atom is -0.396 e. The summed E-state index contributed by atoms with van der Waals surface area (Å²) in [6.07, 6.45) is 2.82. The zero-order valence-corrected chi connectivity index (χ0v) is 7.95. The highest BCUT2D eigenvalue weighted by molar-refractivity contribution is 4.83. The lowest BCUT2D eigenvalue weighted by Crippen LogP contribution is -2.37. The van der Waals surface area contributed by atoms with Crippen molar-refractivity contribution in [2.24, 2.45) is 0 Å². The van der Waals surface area contributed by atoms with E-state index < -0.39 is 0 Å². The summed E-state index contributed by atoms with van der Waals surface area (Å²) in [5.74, 6) is 0. The molecule has 0 aliphatic carbocycles. The molecule has 0 radical (unpaired) electrons. The van der Waals surface area contributed by atoms with Crippen LogP contribution in [-0.2, 0) is 5.54 Å². The lowest BCUT2D eigenvalue weighted by molar-refractivity contribution is 0.190. The van der Waals surface area contributed by atoms with Crippen molar-refractivity contribution in [3.63, 3.8) is 0 Å². The summed E-state index contributed by atoms with van der Waals surface area (Å²) in [5, 5.41) is 14.9. The maximum absolute atomic E-state index is 11.3. The third-order valence-corrected chi connectivity index (χ3v) is 2.55. The monoisotopic (exact) mass is 185 g/mol. The second kappa shape index (κ2) is 3.74. The van der Waals surface area contributed by atoms with Crippen LogP contribution >= 0.6 is 0 Å². The molecule has 1 aromatic rings. The number of nitrogens with one attached hydrogen (secondary N) is 1. The first-order valence-corrected chi connectivity index (χ1v) is 4.37. The van der Waals surface area contributed by atoms with Gasteiger partial charge in [0.05, 0.1) is 0 Å². The van der Waals surface area contributed by atoms with Gasteiger partial charge in [-0.15, -0.1) is 0 Å². The molecule has 0 aromatic carbocycles. The van der Waals surface area contributed by atoms with Crippen LogP contribution in [0, 0.1) is 0 Å². The molecule has 1 atom stereocenters. The second-order valence-electron chi connectivity index (χ2n) is 3.36. The highest BCUT2D eigenvalue weighted by atomic mass is 16.3. The van der Waals surface area contributed by atoms with Crippen LogP contribution in [0.15, 0.2) is 11.1 Å². The summed E-state index contributed by atoms with van der Waals surface area (Å²) >= 11 is 0.